The largest absolute Gasteiger partial charge is 0.497 e. The summed E-state index contributed by atoms with van der Waals surface area (Å²) in [4.78, 5) is 15.5. The molecule has 0 radical (unpaired) electrons. The molecule has 1 aliphatic heterocycles. The smallest absolute Gasteiger partial charge is 0.254 e. The van der Waals surface area contributed by atoms with Crippen molar-refractivity contribution in [2.24, 2.45) is 0 Å². The molecule has 1 unspecified atom stereocenters. The van der Waals surface area contributed by atoms with Crippen LogP contribution in [0.25, 0.3) is 0 Å². The Bertz CT molecular complexity index is 1030. The molecule has 1 amide bonds. The molecule has 0 saturated carbocycles. The van der Waals surface area contributed by atoms with E-state index < -0.39 is 0 Å². The van der Waals surface area contributed by atoms with Crippen LogP contribution in [0, 0.1) is 0 Å². The van der Waals surface area contributed by atoms with Gasteiger partial charge in [0.05, 0.1) is 50.4 Å². The third-order valence-corrected chi connectivity index (χ3v) is 6.15. The molecular formula is C26H32N4O3. The number of nitrogens with zero attached hydrogens (tertiary/aromatic N) is 3. The molecule has 0 spiro atoms. The zero-order valence-electron chi connectivity index (χ0n) is 19.4. The van der Waals surface area contributed by atoms with Crippen molar-refractivity contribution in [1.29, 1.82) is 0 Å². The van der Waals surface area contributed by atoms with Gasteiger partial charge >= 0.3 is 0 Å². The van der Waals surface area contributed by atoms with Gasteiger partial charge in [-0.15, -0.1) is 0 Å². The predicted molar refractivity (Wildman–Crippen MR) is 128 cm³/mol. The maximum Gasteiger partial charge on any atom is 0.254 e. The fourth-order valence-corrected chi connectivity index (χ4v) is 4.32. The highest BCUT2D eigenvalue weighted by Crippen LogP contribution is 2.24. The fourth-order valence-electron chi connectivity index (χ4n) is 4.32. The first-order valence-corrected chi connectivity index (χ1v) is 11.5. The van der Waals surface area contributed by atoms with Crippen molar-refractivity contribution in [3.05, 3.63) is 83.2 Å². The molecule has 1 aromatic heterocycles. The Morgan fingerprint density at radius 3 is 2.52 bits per heavy atom. The van der Waals surface area contributed by atoms with E-state index in [1.165, 1.54) is 0 Å². The average Bonchev–Trinajstić information content (AvgIpc) is 3.28. The van der Waals surface area contributed by atoms with Crippen molar-refractivity contribution in [3.8, 4) is 5.75 Å². The number of methoxy groups -OCH3 is 1. The molecule has 1 saturated heterocycles. The van der Waals surface area contributed by atoms with Gasteiger partial charge in [0.1, 0.15) is 5.75 Å². The Kier molecular flexibility index (Phi) is 7.75. The number of aromatic nitrogens is 2. The monoisotopic (exact) mass is 448 g/mol. The second-order valence-corrected chi connectivity index (χ2v) is 8.15. The molecule has 1 aliphatic rings. The Hall–Kier alpha value is -3.16. The van der Waals surface area contributed by atoms with Crippen LogP contribution in [0.5, 0.6) is 5.75 Å². The number of carbonyl (C=O) groups is 1. The van der Waals surface area contributed by atoms with Gasteiger partial charge in [-0.1, -0.05) is 49.4 Å². The quantitative estimate of drug-likeness (QED) is 0.544. The summed E-state index contributed by atoms with van der Waals surface area (Å²) in [6.07, 6.45) is 2.43. The van der Waals surface area contributed by atoms with E-state index in [0.29, 0.717) is 31.9 Å². The molecule has 0 bridgehead atoms. The molecule has 7 nitrogen and oxygen atoms in total. The van der Waals surface area contributed by atoms with E-state index >= 15 is 0 Å². The number of rotatable bonds is 9. The van der Waals surface area contributed by atoms with Crippen molar-refractivity contribution < 1.29 is 14.3 Å². The third-order valence-electron chi connectivity index (χ3n) is 6.15. The standard InChI is InChI=1S/C26H32N4O3/c1-3-24-23(17-28-30(24)19-20-7-5-4-6-8-20)26(31)27-18-25(29-13-15-33-16-14-29)21-9-11-22(32-2)12-10-21/h4-12,17,25H,3,13-16,18-19H2,1-2H3,(H,27,31). The van der Waals surface area contributed by atoms with E-state index in [9.17, 15) is 4.79 Å². The number of nitrogens with one attached hydrogen (secondary N) is 1. The van der Waals surface area contributed by atoms with Gasteiger partial charge in [0, 0.05) is 19.6 Å². The van der Waals surface area contributed by atoms with Gasteiger partial charge in [0.25, 0.3) is 5.91 Å². The number of hydrogen-bond donors (Lipinski definition) is 1. The maximum absolute atomic E-state index is 13.2. The maximum atomic E-state index is 13.2. The van der Waals surface area contributed by atoms with E-state index in [4.69, 9.17) is 9.47 Å². The van der Waals surface area contributed by atoms with Gasteiger partial charge in [-0.05, 0) is 29.7 Å². The SMILES string of the molecule is CCc1c(C(=O)NCC(c2ccc(OC)cc2)N2CCOCC2)cnn1Cc1ccccc1. The summed E-state index contributed by atoms with van der Waals surface area (Å²) in [5.41, 5.74) is 3.90. The lowest BCUT2D eigenvalue weighted by Crippen LogP contribution is -2.43. The first kappa shape index (κ1) is 23.0. The summed E-state index contributed by atoms with van der Waals surface area (Å²) < 4.78 is 12.8. The summed E-state index contributed by atoms with van der Waals surface area (Å²) in [6, 6.07) is 18.3. The van der Waals surface area contributed by atoms with Crippen LogP contribution < -0.4 is 10.1 Å². The number of hydrogen-bond acceptors (Lipinski definition) is 5. The average molecular weight is 449 g/mol. The molecule has 4 rings (SSSR count). The normalized spacial score (nSPS) is 15.2. The highest BCUT2D eigenvalue weighted by Gasteiger charge is 2.24. The molecule has 33 heavy (non-hydrogen) atoms. The fraction of sp³-hybridized carbons (Fsp3) is 0.385. The summed E-state index contributed by atoms with van der Waals surface area (Å²) in [6.45, 7) is 6.30. The van der Waals surface area contributed by atoms with Crippen molar-refractivity contribution in [2.75, 3.05) is 40.0 Å². The van der Waals surface area contributed by atoms with Gasteiger partial charge in [-0.3, -0.25) is 14.4 Å². The Morgan fingerprint density at radius 2 is 1.85 bits per heavy atom. The molecular weight excluding hydrogens is 416 g/mol. The molecule has 174 valence electrons. The van der Waals surface area contributed by atoms with Gasteiger partial charge in [-0.2, -0.15) is 5.10 Å². The highest BCUT2D eigenvalue weighted by molar-refractivity contribution is 5.95. The first-order valence-electron chi connectivity index (χ1n) is 11.5. The van der Waals surface area contributed by atoms with Crippen LogP contribution in [0.2, 0.25) is 0 Å². The number of benzene rings is 2. The van der Waals surface area contributed by atoms with Gasteiger partial charge in [0.2, 0.25) is 0 Å². The Balaban J connectivity index is 1.48. The van der Waals surface area contributed by atoms with Gasteiger partial charge < -0.3 is 14.8 Å². The van der Waals surface area contributed by atoms with Crippen LogP contribution >= 0.6 is 0 Å². The lowest BCUT2D eigenvalue weighted by molar-refractivity contribution is 0.0162. The van der Waals surface area contributed by atoms with E-state index in [-0.39, 0.29) is 11.9 Å². The van der Waals surface area contributed by atoms with Crippen LogP contribution in [0.4, 0.5) is 0 Å². The van der Waals surface area contributed by atoms with E-state index in [1.54, 1.807) is 13.3 Å². The minimum absolute atomic E-state index is 0.0631. The summed E-state index contributed by atoms with van der Waals surface area (Å²) in [7, 11) is 1.66. The molecule has 0 aliphatic carbocycles. The Labute approximate surface area is 195 Å². The summed E-state index contributed by atoms with van der Waals surface area (Å²) in [5.74, 6) is 0.736. The second kappa shape index (κ2) is 11.1. The van der Waals surface area contributed by atoms with E-state index in [1.807, 2.05) is 35.0 Å². The number of amides is 1. The number of carbonyl (C=O) groups excluding carboxylic acids is 1. The van der Waals surface area contributed by atoms with Crippen LogP contribution in [0.3, 0.4) is 0 Å². The summed E-state index contributed by atoms with van der Waals surface area (Å²) in [5, 5.41) is 7.68. The first-order chi connectivity index (χ1) is 16.2. The van der Waals surface area contributed by atoms with Gasteiger partial charge in [0.15, 0.2) is 0 Å². The topological polar surface area (TPSA) is 68.6 Å². The van der Waals surface area contributed by atoms with E-state index in [2.05, 4.69) is 46.5 Å². The van der Waals surface area contributed by atoms with Crippen molar-refractivity contribution in [2.45, 2.75) is 25.9 Å². The second-order valence-electron chi connectivity index (χ2n) is 8.15. The molecule has 2 aromatic carbocycles. The van der Waals surface area contributed by atoms with Crippen LogP contribution in [-0.2, 0) is 17.7 Å². The van der Waals surface area contributed by atoms with Crippen molar-refractivity contribution in [3.63, 3.8) is 0 Å². The predicted octanol–water partition coefficient (Wildman–Crippen LogP) is 3.31. The highest BCUT2D eigenvalue weighted by atomic mass is 16.5. The minimum atomic E-state index is -0.0852. The zero-order chi connectivity index (χ0) is 23.0. The molecule has 1 atom stereocenters. The Morgan fingerprint density at radius 1 is 1.12 bits per heavy atom. The number of morpholine rings is 1. The van der Waals surface area contributed by atoms with Crippen molar-refractivity contribution in [1.82, 2.24) is 20.0 Å². The van der Waals surface area contributed by atoms with Crippen LogP contribution in [0.1, 0.15) is 40.1 Å². The lowest BCUT2D eigenvalue weighted by Gasteiger charge is -2.35. The number of ether oxygens (including phenoxy) is 2. The van der Waals surface area contributed by atoms with E-state index in [0.717, 1.165) is 42.1 Å². The van der Waals surface area contributed by atoms with Crippen LogP contribution in [0.15, 0.2) is 60.8 Å². The molecule has 2 heterocycles. The third kappa shape index (κ3) is 5.61. The lowest BCUT2D eigenvalue weighted by atomic mass is 10.0. The molecule has 3 aromatic rings. The molecule has 7 heteroatoms. The zero-order valence-corrected chi connectivity index (χ0v) is 19.4. The molecule has 1 fully saturated rings. The van der Waals surface area contributed by atoms with Crippen molar-refractivity contribution >= 4 is 5.91 Å². The molecule has 1 N–H and O–H groups in total. The minimum Gasteiger partial charge on any atom is -0.497 e. The van der Waals surface area contributed by atoms with Crippen LogP contribution in [-0.4, -0.2) is 60.5 Å². The summed E-state index contributed by atoms with van der Waals surface area (Å²) >= 11 is 0. The van der Waals surface area contributed by atoms with Gasteiger partial charge in [-0.25, -0.2) is 0 Å².